The van der Waals surface area contributed by atoms with Gasteiger partial charge in [0.2, 0.25) is 0 Å². The molecule has 1 aliphatic heterocycles. The summed E-state index contributed by atoms with van der Waals surface area (Å²) in [6.07, 6.45) is 3.78. The predicted octanol–water partition coefficient (Wildman–Crippen LogP) is 5.16. The maximum Gasteiger partial charge on any atom is 0.295 e. The largest absolute Gasteiger partial charge is 0.507 e. The molecular formula is C27H31NO5. The van der Waals surface area contributed by atoms with E-state index in [0.29, 0.717) is 17.1 Å². The fourth-order valence-electron chi connectivity index (χ4n) is 4.89. The molecule has 2 aromatic carbocycles. The Bertz CT molecular complexity index is 1080. The van der Waals surface area contributed by atoms with Gasteiger partial charge in [0, 0.05) is 6.04 Å². The van der Waals surface area contributed by atoms with Crippen molar-refractivity contribution >= 4 is 17.4 Å². The van der Waals surface area contributed by atoms with Crippen LogP contribution in [0.5, 0.6) is 11.5 Å². The number of Topliss-reactive ketones (excluding diaryl/α,β-unsaturated/α-hetero) is 1. The van der Waals surface area contributed by atoms with Crippen molar-refractivity contribution in [3.05, 3.63) is 64.7 Å². The van der Waals surface area contributed by atoms with Crippen LogP contribution in [0.2, 0.25) is 0 Å². The van der Waals surface area contributed by atoms with Crippen LogP contribution in [0.25, 0.3) is 5.76 Å². The van der Waals surface area contributed by atoms with E-state index in [1.807, 2.05) is 51.1 Å². The lowest BCUT2D eigenvalue weighted by Crippen LogP contribution is -2.37. The Balaban J connectivity index is 1.87. The normalized spacial score (nSPS) is 20.6. The minimum atomic E-state index is -0.661. The second-order valence-electron chi connectivity index (χ2n) is 9.08. The van der Waals surface area contributed by atoms with Crippen LogP contribution >= 0.6 is 0 Å². The van der Waals surface area contributed by atoms with Crippen LogP contribution in [-0.2, 0) is 9.59 Å². The molecule has 2 aromatic rings. The lowest BCUT2D eigenvalue weighted by atomic mass is 9.94. The number of aryl methyl sites for hydroxylation is 1. The number of hydrogen-bond donors (Lipinski definition) is 1. The summed E-state index contributed by atoms with van der Waals surface area (Å²) in [6, 6.07) is 12.1. The molecule has 174 valence electrons. The monoisotopic (exact) mass is 449 g/mol. The number of ether oxygens (including phenoxy) is 2. The van der Waals surface area contributed by atoms with Gasteiger partial charge < -0.3 is 19.5 Å². The Kier molecular flexibility index (Phi) is 6.45. The van der Waals surface area contributed by atoms with Crippen LogP contribution in [0, 0.1) is 6.92 Å². The van der Waals surface area contributed by atoms with Crippen LogP contribution in [-0.4, -0.2) is 41.0 Å². The van der Waals surface area contributed by atoms with Gasteiger partial charge in [0.05, 0.1) is 30.4 Å². The van der Waals surface area contributed by atoms with Gasteiger partial charge in [-0.2, -0.15) is 0 Å². The molecule has 0 spiro atoms. The Morgan fingerprint density at radius 3 is 2.33 bits per heavy atom. The molecule has 1 saturated heterocycles. The molecule has 6 heteroatoms. The molecule has 1 amide bonds. The molecule has 1 aliphatic carbocycles. The van der Waals surface area contributed by atoms with Crippen molar-refractivity contribution in [2.75, 3.05) is 7.11 Å². The third-order valence-electron chi connectivity index (χ3n) is 6.38. The highest BCUT2D eigenvalue weighted by Gasteiger charge is 2.49. The minimum absolute atomic E-state index is 0.0252. The van der Waals surface area contributed by atoms with Crippen LogP contribution in [0.1, 0.15) is 62.3 Å². The quantitative estimate of drug-likeness (QED) is 0.375. The number of carbonyl (C=O) groups is 2. The average molecular weight is 450 g/mol. The molecule has 1 atom stereocenters. The molecule has 1 saturated carbocycles. The van der Waals surface area contributed by atoms with Crippen LogP contribution in [0.4, 0.5) is 0 Å². The van der Waals surface area contributed by atoms with E-state index in [2.05, 4.69) is 0 Å². The number of carbonyl (C=O) groups excluding carboxylic acids is 2. The van der Waals surface area contributed by atoms with Gasteiger partial charge in [0.25, 0.3) is 11.7 Å². The van der Waals surface area contributed by atoms with Gasteiger partial charge in [-0.25, -0.2) is 0 Å². The molecule has 4 rings (SSSR count). The van der Waals surface area contributed by atoms with Gasteiger partial charge in [0.1, 0.15) is 17.3 Å². The van der Waals surface area contributed by atoms with Crippen molar-refractivity contribution in [1.29, 1.82) is 0 Å². The number of amides is 1. The van der Waals surface area contributed by atoms with Crippen LogP contribution in [0.3, 0.4) is 0 Å². The van der Waals surface area contributed by atoms with Gasteiger partial charge in [-0.05, 0) is 63.4 Å². The summed E-state index contributed by atoms with van der Waals surface area (Å²) in [5.41, 5.74) is 2.19. The van der Waals surface area contributed by atoms with Gasteiger partial charge in [0.15, 0.2) is 0 Å². The number of ketones is 1. The fourth-order valence-corrected chi connectivity index (χ4v) is 4.89. The van der Waals surface area contributed by atoms with Crippen molar-refractivity contribution < 1.29 is 24.2 Å². The van der Waals surface area contributed by atoms with E-state index in [4.69, 9.17) is 9.47 Å². The Morgan fingerprint density at radius 1 is 1.06 bits per heavy atom. The van der Waals surface area contributed by atoms with Crippen molar-refractivity contribution in [2.45, 2.75) is 64.6 Å². The summed E-state index contributed by atoms with van der Waals surface area (Å²) < 4.78 is 11.2. The van der Waals surface area contributed by atoms with Gasteiger partial charge in [-0.1, -0.05) is 36.6 Å². The van der Waals surface area contributed by atoms with E-state index in [9.17, 15) is 14.7 Å². The lowest BCUT2D eigenvalue weighted by molar-refractivity contribution is -0.141. The molecule has 6 nitrogen and oxygen atoms in total. The zero-order chi connectivity index (χ0) is 23.7. The number of hydrogen-bond acceptors (Lipinski definition) is 5. The van der Waals surface area contributed by atoms with Crippen molar-refractivity contribution in [3.8, 4) is 11.5 Å². The second kappa shape index (κ2) is 9.30. The van der Waals surface area contributed by atoms with Crippen molar-refractivity contribution in [1.82, 2.24) is 4.90 Å². The first-order chi connectivity index (χ1) is 15.8. The molecule has 33 heavy (non-hydrogen) atoms. The maximum absolute atomic E-state index is 13.3. The zero-order valence-corrected chi connectivity index (χ0v) is 19.6. The first-order valence-corrected chi connectivity index (χ1v) is 11.5. The maximum atomic E-state index is 13.3. The molecule has 2 fully saturated rings. The summed E-state index contributed by atoms with van der Waals surface area (Å²) in [5.74, 6) is -0.253. The van der Waals surface area contributed by atoms with E-state index in [0.717, 1.165) is 36.8 Å². The Hall–Kier alpha value is -3.28. The summed E-state index contributed by atoms with van der Waals surface area (Å²) in [6.45, 7) is 5.81. The molecular weight excluding hydrogens is 418 g/mol. The summed E-state index contributed by atoms with van der Waals surface area (Å²) in [7, 11) is 1.52. The SMILES string of the molecule is COc1ccc(C)cc1/C(O)=C1\C(=O)C(=O)N(C2CCCC2)C1c1ccc(OC(C)C)cc1. The highest BCUT2D eigenvalue weighted by Crippen LogP contribution is 2.44. The van der Waals surface area contributed by atoms with Gasteiger partial charge in [-0.15, -0.1) is 0 Å². The predicted molar refractivity (Wildman–Crippen MR) is 126 cm³/mol. The summed E-state index contributed by atoms with van der Waals surface area (Å²) in [5, 5.41) is 11.4. The highest BCUT2D eigenvalue weighted by molar-refractivity contribution is 6.46. The number of aliphatic hydroxyl groups is 1. The molecule has 0 bridgehead atoms. The van der Waals surface area contributed by atoms with Crippen molar-refractivity contribution in [2.24, 2.45) is 0 Å². The standard InChI is InChI=1S/C27H31NO5/c1-16(2)33-20-12-10-18(11-13-20)24-23(25(29)21-15-17(3)9-14-22(21)32-4)26(30)27(31)28(24)19-7-5-6-8-19/h9-16,19,24,29H,5-8H2,1-4H3/b25-23+. The zero-order valence-electron chi connectivity index (χ0n) is 19.6. The van der Waals surface area contributed by atoms with Gasteiger partial charge in [-0.3, -0.25) is 9.59 Å². The number of nitrogens with zero attached hydrogens (tertiary/aromatic N) is 1. The Labute approximate surface area is 194 Å². The van der Waals surface area contributed by atoms with Gasteiger partial charge >= 0.3 is 0 Å². The molecule has 0 radical (unpaired) electrons. The topological polar surface area (TPSA) is 76.1 Å². The highest BCUT2D eigenvalue weighted by atomic mass is 16.5. The molecule has 1 N–H and O–H groups in total. The van der Waals surface area contributed by atoms with E-state index < -0.39 is 17.7 Å². The molecule has 2 aliphatic rings. The average Bonchev–Trinajstić information content (AvgIpc) is 3.40. The lowest BCUT2D eigenvalue weighted by Gasteiger charge is -2.31. The number of rotatable bonds is 6. The molecule has 1 heterocycles. The second-order valence-corrected chi connectivity index (χ2v) is 9.08. The molecule has 0 aromatic heterocycles. The van der Waals surface area contributed by atoms with E-state index in [1.165, 1.54) is 7.11 Å². The van der Waals surface area contributed by atoms with E-state index >= 15 is 0 Å². The van der Waals surface area contributed by atoms with E-state index in [-0.39, 0.29) is 23.5 Å². The Morgan fingerprint density at radius 2 is 1.73 bits per heavy atom. The van der Waals surface area contributed by atoms with E-state index in [1.54, 1.807) is 17.0 Å². The van der Waals surface area contributed by atoms with Crippen molar-refractivity contribution in [3.63, 3.8) is 0 Å². The molecule has 1 unspecified atom stereocenters. The number of aliphatic hydroxyl groups excluding tert-OH is 1. The number of benzene rings is 2. The minimum Gasteiger partial charge on any atom is -0.507 e. The van der Waals surface area contributed by atoms with Crippen LogP contribution in [0.15, 0.2) is 48.0 Å². The smallest absolute Gasteiger partial charge is 0.295 e. The third-order valence-corrected chi connectivity index (χ3v) is 6.38. The summed E-state index contributed by atoms with van der Waals surface area (Å²) in [4.78, 5) is 28.2. The third kappa shape index (κ3) is 4.34. The first kappa shape index (κ1) is 22.9. The first-order valence-electron chi connectivity index (χ1n) is 11.5. The fraction of sp³-hybridized carbons (Fsp3) is 0.407. The number of likely N-dealkylation sites (tertiary alicyclic amines) is 1. The summed E-state index contributed by atoms with van der Waals surface area (Å²) >= 11 is 0. The van der Waals surface area contributed by atoms with Crippen LogP contribution < -0.4 is 9.47 Å². The number of methoxy groups -OCH3 is 1.